The highest BCUT2D eigenvalue weighted by atomic mass is 16.5. The van der Waals surface area contributed by atoms with Crippen LogP contribution in [0.3, 0.4) is 0 Å². The fourth-order valence-electron chi connectivity index (χ4n) is 2.84. The SMILES string of the molecule is OCC(c1cccc2ccccc12)N1CCOCC1. The molecular formula is C16H19NO2. The molecule has 2 aromatic carbocycles. The summed E-state index contributed by atoms with van der Waals surface area (Å²) in [6.07, 6.45) is 0. The molecule has 0 radical (unpaired) electrons. The van der Waals surface area contributed by atoms with Gasteiger partial charge in [-0.3, -0.25) is 4.90 Å². The van der Waals surface area contributed by atoms with Gasteiger partial charge in [0.25, 0.3) is 0 Å². The molecule has 1 N–H and O–H groups in total. The van der Waals surface area contributed by atoms with Gasteiger partial charge in [0, 0.05) is 13.1 Å². The van der Waals surface area contributed by atoms with Crippen molar-refractivity contribution in [2.75, 3.05) is 32.9 Å². The molecule has 3 nitrogen and oxygen atoms in total. The predicted octanol–water partition coefficient (Wildman–Crippen LogP) is 2.21. The lowest BCUT2D eigenvalue weighted by atomic mass is 9.98. The van der Waals surface area contributed by atoms with Gasteiger partial charge >= 0.3 is 0 Å². The quantitative estimate of drug-likeness (QED) is 0.915. The standard InChI is InChI=1S/C16H19NO2/c18-12-16(17-8-10-19-11-9-17)15-7-3-5-13-4-1-2-6-14(13)15/h1-7,16,18H,8-12H2. The molecule has 3 rings (SSSR count). The smallest absolute Gasteiger partial charge is 0.0628 e. The number of ether oxygens (including phenoxy) is 1. The van der Waals surface area contributed by atoms with Crippen molar-refractivity contribution < 1.29 is 9.84 Å². The lowest BCUT2D eigenvalue weighted by molar-refractivity contribution is 0.00295. The Labute approximate surface area is 113 Å². The molecule has 1 aliphatic heterocycles. The van der Waals surface area contributed by atoms with Crippen LogP contribution in [0.25, 0.3) is 10.8 Å². The molecule has 19 heavy (non-hydrogen) atoms. The van der Waals surface area contributed by atoms with E-state index in [9.17, 15) is 5.11 Å². The zero-order valence-corrected chi connectivity index (χ0v) is 11.0. The summed E-state index contributed by atoms with van der Waals surface area (Å²) in [6.45, 7) is 3.42. The Balaban J connectivity index is 2.00. The van der Waals surface area contributed by atoms with Gasteiger partial charge in [0.1, 0.15) is 0 Å². The van der Waals surface area contributed by atoms with Crippen molar-refractivity contribution in [2.45, 2.75) is 6.04 Å². The molecule has 0 bridgehead atoms. The van der Waals surface area contributed by atoms with Crippen molar-refractivity contribution in [3.63, 3.8) is 0 Å². The normalized spacial score (nSPS) is 18.6. The molecule has 0 spiro atoms. The Hall–Kier alpha value is -1.42. The Morgan fingerprint density at radius 2 is 1.79 bits per heavy atom. The van der Waals surface area contributed by atoms with Crippen LogP contribution < -0.4 is 0 Å². The van der Waals surface area contributed by atoms with Crippen molar-refractivity contribution in [3.05, 3.63) is 48.0 Å². The Morgan fingerprint density at radius 1 is 1.05 bits per heavy atom. The van der Waals surface area contributed by atoms with Gasteiger partial charge in [0.2, 0.25) is 0 Å². The minimum atomic E-state index is 0.0648. The van der Waals surface area contributed by atoms with Gasteiger partial charge in [0.15, 0.2) is 0 Å². The maximum absolute atomic E-state index is 9.81. The van der Waals surface area contributed by atoms with Crippen LogP contribution in [-0.2, 0) is 4.74 Å². The summed E-state index contributed by atoms with van der Waals surface area (Å²) in [5, 5.41) is 12.3. The third-order valence-electron chi connectivity index (χ3n) is 3.84. The maximum Gasteiger partial charge on any atom is 0.0628 e. The second kappa shape index (κ2) is 5.70. The van der Waals surface area contributed by atoms with Crippen LogP contribution in [-0.4, -0.2) is 42.9 Å². The second-order valence-corrected chi connectivity index (χ2v) is 4.92. The van der Waals surface area contributed by atoms with E-state index in [4.69, 9.17) is 4.74 Å². The lowest BCUT2D eigenvalue weighted by Gasteiger charge is -2.34. The number of hydrogen-bond donors (Lipinski definition) is 1. The summed E-state index contributed by atoms with van der Waals surface area (Å²) in [5.41, 5.74) is 1.21. The molecule has 1 unspecified atom stereocenters. The van der Waals surface area contributed by atoms with E-state index in [1.54, 1.807) is 0 Å². The van der Waals surface area contributed by atoms with E-state index in [1.807, 2.05) is 0 Å². The van der Waals surface area contributed by atoms with Gasteiger partial charge in [-0.2, -0.15) is 0 Å². The molecule has 1 aliphatic rings. The van der Waals surface area contributed by atoms with E-state index >= 15 is 0 Å². The topological polar surface area (TPSA) is 32.7 Å². The highest BCUT2D eigenvalue weighted by Crippen LogP contribution is 2.28. The van der Waals surface area contributed by atoms with Gasteiger partial charge in [0.05, 0.1) is 25.9 Å². The van der Waals surface area contributed by atoms with E-state index in [0.717, 1.165) is 26.3 Å². The fourth-order valence-corrected chi connectivity index (χ4v) is 2.84. The van der Waals surface area contributed by atoms with Crippen LogP contribution in [0.1, 0.15) is 11.6 Å². The molecular weight excluding hydrogens is 238 g/mol. The van der Waals surface area contributed by atoms with Gasteiger partial charge in [-0.05, 0) is 16.3 Å². The molecule has 2 aromatic rings. The summed E-state index contributed by atoms with van der Waals surface area (Å²) in [7, 11) is 0. The predicted molar refractivity (Wildman–Crippen MR) is 76.2 cm³/mol. The third kappa shape index (κ3) is 2.50. The van der Waals surface area contributed by atoms with Crippen molar-refractivity contribution in [1.82, 2.24) is 4.90 Å². The highest BCUT2D eigenvalue weighted by Gasteiger charge is 2.23. The molecule has 100 valence electrons. The summed E-state index contributed by atoms with van der Waals surface area (Å²) in [6, 6.07) is 14.7. The number of nitrogens with zero attached hydrogens (tertiary/aromatic N) is 1. The zero-order valence-electron chi connectivity index (χ0n) is 11.0. The van der Waals surface area contributed by atoms with Crippen molar-refractivity contribution in [2.24, 2.45) is 0 Å². The fraction of sp³-hybridized carbons (Fsp3) is 0.375. The zero-order chi connectivity index (χ0) is 13.1. The highest BCUT2D eigenvalue weighted by molar-refractivity contribution is 5.86. The molecule has 0 saturated carbocycles. The first-order valence-electron chi connectivity index (χ1n) is 6.80. The largest absolute Gasteiger partial charge is 0.394 e. The summed E-state index contributed by atoms with van der Waals surface area (Å²) in [4.78, 5) is 2.31. The van der Waals surface area contributed by atoms with Crippen molar-refractivity contribution in [1.29, 1.82) is 0 Å². The number of rotatable bonds is 3. The number of benzene rings is 2. The van der Waals surface area contributed by atoms with Crippen molar-refractivity contribution >= 4 is 10.8 Å². The molecule has 1 fully saturated rings. The van der Waals surface area contributed by atoms with E-state index in [1.165, 1.54) is 16.3 Å². The summed E-state index contributed by atoms with van der Waals surface area (Å²) in [5.74, 6) is 0. The first-order valence-corrected chi connectivity index (χ1v) is 6.80. The van der Waals surface area contributed by atoms with Crippen LogP contribution in [0.5, 0.6) is 0 Å². The number of hydrogen-bond acceptors (Lipinski definition) is 3. The first-order chi connectivity index (χ1) is 9.40. The number of morpholine rings is 1. The Kier molecular flexibility index (Phi) is 3.78. The van der Waals surface area contributed by atoms with Gasteiger partial charge in [-0.15, -0.1) is 0 Å². The third-order valence-corrected chi connectivity index (χ3v) is 3.84. The van der Waals surface area contributed by atoms with E-state index < -0.39 is 0 Å². The average Bonchev–Trinajstić information content (AvgIpc) is 2.49. The van der Waals surface area contributed by atoms with Crippen LogP contribution >= 0.6 is 0 Å². The second-order valence-electron chi connectivity index (χ2n) is 4.92. The van der Waals surface area contributed by atoms with Crippen molar-refractivity contribution in [3.8, 4) is 0 Å². The van der Waals surface area contributed by atoms with Crippen LogP contribution in [0.4, 0.5) is 0 Å². The minimum absolute atomic E-state index is 0.0648. The Bertz CT molecular complexity index is 544. The molecule has 1 saturated heterocycles. The number of aliphatic hydroxyl groups excluding tert-OH is 1. The summed E-state index contributed by atoms with van der Waals surface area (Å²) >= 11 is 0. The monoisotopic (exact) mass is 257 g/mol. The molecule has 1 heterocycles. The number of aliphatic hydroxyl groups is 1. The maximum atomic E-state index is 9.81. The van der Waals surface area contributed by atoms with Crippen LogP contribution in [0.2, 0.25) is 0 Å². The van der Waals surface area contributed by atoms with Crippen LogP contribution in [0, 0.1) is 0 Å². The van der Waals surface area contributed by atoms with Gasteiger partial charge in [-0.25, -0.2) is 0 Å². The molecule has 0 amide bonds. The average molecular weight is 257 g/mol. The van der Waals surface area contributed by atoms with Gasteiger partial charge in [-0.1, -0.05) is 42.5 Å². The first kappa shape index (κ1) is 12.6. The molecule has 1 atom stereocenters. The lowest BCUT2D eigenvalue weighted by Crippen LogP contribution is -2.40. The number of fused-ring (bicyclic) bond motifs is 1. The van der Waals surface area contributed by atoms with Gasteiger partial charge < -0.3 is 9.84 Å². The molecule has 0 aromatic heterocycles. The minimum Gasteiger partial charge on any atom is -0.394 e. The van der Waals surface area contributed by atoms with E-state index in [0.29, 0.717) is 0 Å². The summed E-state index contributed by atoms with van der Waals surface area (Å²) < 4.78 is 5.39. The molecule has 3 heteroatoms. The van der Waals surface area contributed by atoms with Crippen LogP contribution in [0.15, 0.2) is 42.5 Å². The van der Waals surface area contributed by atoms with E-state index in [2.05, 4.69) is 47.4 Å². The Morgan fingerprint density at radius 3 is 2.58 bits per heavy atom. The molecule has 0 aliphatic carbocycles. The van der Waals surface area contributed by atoms with E-state index in [-0.39, 0.29) is 12.6 Å².